The zero-order chi connectivity index (χ0) is 14.0. The number of fused-ring (bicyclic) bond motifs is 1. The van der Waals surface area contributed by atoms with Crippen LogP contribution in [-0.4, -0.2) is 23.2 Å². The molecule has 102 valence electrons. The van der Waals surface area contributed by atoms with Gasteiger partial charge in [0, 0.05) is 30.1 Å². The summed E-state index contributed by atoms with van der Waals surface area (Å²) in [5, 5.41) is 1.20. The lowest BCUT2D eigenvalue weighted by molar-refractivity contribution is -0.144. The molecule has 4 nitrogen and oxygen atoms in total. The van der Waals surface area contributed by atoms with Crippen molar-refractivity contribution in [2.45, 2.75) is 26.3 Å². The van der Waals surface area contributed by atoms with Crippen LogP contribution in [0.3, 0.4) is 0 Å². The number of carbonyl (C=O) groups excluding carboxylic acids is 1. The van der Waals surface area contributed by atoms with Gasteiger partial charge in [-0.2, -0.15) is 0 Å². The fourth-order valence-electron chi connectivity index (χ4n) is 2.47. The second-order valence-corrected chi connectivity index (χ2v) is 4.71. The van der Waals surface area contributed by atoms with Crippen molar-refractivity contribution in [3.63, 3.8) is 0 Å². The Balaban J connectivity index is 2.33. The van der Waals surface area contributed by atoms with Crippen molar-refractivity contribution in [1.29, 1.82) is 0 Å². The van der Waals surface area contributed by atoms with Crippen molar-refractivity contribution in [2.75, 3.05) is 6.61 Å². The number of esters is 1. The van der Waals surface area contributed by atoms with Crippen LogP contribution >= 0.6 is 0 Å². The number of carbonyl (C=O) groups is 1. The predicted octanol–water partition coefficient (Wildman–Crippen LogP) is 1.92. The largest absolute Gasteiger partial charge is 0.465 e. The van der Waals surface area contributed by atoms with Gasteiger partial charge in [-0.05, 0) is 25.5 Å². The van der Waals surface area contributed by atoms with Crippen LogP contribution in [0, 0.1) is 6.92 Å². The van der Waals surface area contributed by atoms with E-state index in [4.69, 9.17) is 10.5 Å². The molecule has 19 heavy (non-hydrogen) atoms. The highest BCUT2D eigenvalue weighted by Gasteiger charge is 2.19. The smallest absolute Gasteiger partial charge is 0.323 e. The number of nitrogens with two attached hydrogens (primary N) is 1. The predicted molar refractivity (Wildman–Crippen MR) is 76.0 cm³/mol. The van der Waals surface area contributed by atoms with Gasteiger partial charge in [-0.25, -0.2) is 0 Å². The Bertz CT molecular complexity index is 562. The van der Waals surface area contributed by atoms with Crippen LogP contribution in [-0.2, 0) is 23.0 Å². The summed E-state index contributed by atoms with van der Waals surface area (Å²) in [6.45, 7) is 4.21. The molecule has 1 atom stereocenters. The number of hydrogen-bond acceptors (Lipinski definition) is 3. The van der Waals surface area contributed by atoms with E-state index in [2.05, 4.69) is 23.6 Å². The standard InChI is InChI=1S/C15H20N2O2/c1-4-19-15(18)12(16)9-14-10(2)11-7-5-6-8-13(11)17(14)3/h5-8,12H,4,9,16H2,1-3H3. The second-order valence-electron chi connectivity index (χ2n) is 4.71. The SMILES string of the molecule is CCOC(=O)C(N)Cc1c(C)c2ccccc2n1C. The number of rotatable bonds is 4. The van der Waals surface area contributed by atoms with Gasteiger partial charge in [0.1, 0.15) is 6.04 Å². The molecular formula is C15H20N2O2. The van der Waals surface area contributed by atoms with E-state index in [9.17, 15) is 4.79 Å². The minimum atomic E-state index is -0.610. The number of aryl methyl sites for hydroxylation is 2. The monoisotopic (exact) mass is 260 g/mol. The summed E-state index contributed by atoms with van der Waals surface area (Å²) in [6.07, 6.45) is 0.496. The van der Waals surface area contributed by atoms with Gasteiger partial charge in [0.25, 0.3) is 0 Å². The number of ether oxygens (including phenoxy) is 1. The van der Waals surface area contributed by atoms with E-state index in [0.29, 0.717) is 13.0 Å². The lowest BCUT2D eigenvalue weighted by Gasteiger charge is -2.12. The van der Waals surface area contributed by atoms with Gasteiger partial charge < -0.3 is 15.0 Å². The summed E-state index contributed by atoms with van der Waals surface area (Å²) in [5.74, 6) is -0.341. The van der Waals surface area contributed by atoms with E-state index >= 15 is 0 Å². The summed E-state index contributed by atoms with van der Waals surface area (Å²) in [7, 11) is 2.00. The van der Waals surface area contributed by atoms with Gasteiger partial charge in [-0.3, -0.25) is 4.79 Å². The molecule has 0 radical (unpaired) electrons. The fraction of sp³-hybridized carbons (Fsp3) is 0.400. The highest BCUT2D eigenvalue weighted by Crippen LogP contribution is 2.25. The molecule has 1 aromatic heterocycles. The van der Waals surface area contributed by atoms with Gasteiger partial charge >= 0.3 is 5.97 Å². The van der Waals surface area contributed by atoms with Gasteiger partial charge in [0.2, 0.25) is 0 Å². The second kappa shape index (κ2) is 5.45. The van der Waals surface area contributed by atoms with Crippen LogP contribution in [0.25, 0.3) is 10.9 Å². The minimum Gasteiger partial charge on any atom is -0.465 e. The molecule has 2 N–H and O–H groups in total. The molecule has 1 unspecified atom stereocenters. The summed E-state index contributed by atoms with van der Waals surface area (Å²) in [6, 6.07) is 7.58. The maximum absolute atomic E-state index is 11.6. The molecule has 2 rings (SSSR count). The molecule has 0 aliphatic rings. The lowest BCUT2D eigenvalue weighted by Crippen LogP contribution is -2.35. The molecule has 4 heteroatoms. The number of benzene rings is 1. The van der Waals surface area contributed by atoms with Crippen LogP contribution in [0.2, 0.25) is 0 Å². The highest BCUT2D eigenvalue weighted by molar-refractivity contribution is 5.85. The lowest BCUT2D eigenvalue weighted by atomic mass is 10.1. The Morgan fingerprint density at radius 3 is 2.74 bits per heavy atom. The Labute approximate surface area is 113 Å². The third-order valence-corrected chi connectivity index (χ3v) is 3.51. The van der Waals surface area contributed by atoms with Crippen LogP contribution in [0.5, 0.6) is 0 Å². The van der Waals surface area contributed by atoms with Crippen molar-refractivity contribution >= 4 is 16.9 Å². The molecule has 0 aliphatic carbocycles. The first-order chi connectivity index (χ1) is 9.06. The van der Waals surface area contributed by atoms with Crippen molar-refractivity contribution < 1.29 is 9.53 Å². The summed E-state index contributed by atoms with van der Waals surface area (Å²) >= 11 is 0. The van der Waals surface area contributed by atoms with Crippen LogP contribution in [0.15, 0.2) is 24.3 Å². The van der Waals surface area contributed by atoms with Crippen LogP contribution in [0.1, 0.15) is 18.2 Å². The molecule has 0 saturated carbocycles. The Kier molecular flexibility index (Phi) is 3.90. The molecule has 1 aromatic carbocycles. The van der Waals surface area contributed by atoms with E-state index in [1.54, 1.807) is 6.92 Å². The molecule has 0 bridgehead atoms. The summed E-state index contributed by atoms with van der Waals surface area (Å²) in [5.41, 5.74) is 9.33. The van der Waals surface area contributed by atoms with Crippen molar-refractivity contribution in [3.8, 4) is 0 Å². The summed E-state index contributed by atoms with van der Waals surface area (Å²) < 4.78 is 7.06. The first-order valence-corrected chi connectivity index (χ1v) is 6.51. The molecule has 0 spiro atoms. The highest BCUT2D eigenvalue weighted by atomic mass is 16.5. The maximum Gasteiger partial charge on any atom is 0.323 e. The molecule has 1 heterocycles. The van der Waals surface area contributed by atoms with E-state index in [0.717, 1.165) is 11.2 Å². The zero-order valence-electron chi connectivity index (χ0n) is 11.6. The fourth-order valence-corrected chi connectivity index (χ4v) is 2.47. The van der Waals surface area contributed by atoms with Crippen molar-refractivity contribution in [1.82, 2.24) is 4.57 Å². The third-order valence-electron chi connectivity index (χ3n) is 3.51. The van der Waals surface area contributed by atoms with Crippen LogP contribution in [0.4, 0.5) is 0 Å². The van der Waals surface area contributed by atoms with Gasteiger partial charge in [0.15, 0.2) is 0 Å². The Hall–Kier alpha value is -1.81. The average molecular weight is 260 g/mol. The summed E-state index contributed by atoms with van der Waals surface area (Å²) in [4.78, 5) is 11.6. The first kappa shape index (κ1) is 13.6. The normalized spacial score (nSPS) is 12.6. The molecular weight excluding hydrogens is 240 g/mol. The molecule has 0 aliphatic heterocycles. The Morgan fingerprint density at radius 2 is 2.11 bits per heavy atom. The van der Waals surface area contributed by atoms with E-state index in [1.165, 1.54) is 10.9 Å². The first-order valence-electron chi connectivity index (χ1n) is 6.51. The Morgan fingerprint density at radius 1 is 1.42 bits per heavy atom. The molecule has 0 fully saturated rings. The quantitative estimate of drug-likeness (QED) is 0.854. The van der Waals surface area contributed by atoms with Crippen LogP contribution < -0.4 is 5.73 Å². The van der Waals surface area contributed by atoms with Crippen molar-refractivity contribution in [2.24, 2.45) is 12.8 Å². The van der Waals surface area contributed by atoms with Gasteiger partial charge in [-0.1, -0.05) is 18.2 Å². The third kappa shape index (κ3) is 2.49. The average Bonchev–Trinajstić information content (AvgIpc) is 2.65. The molecule has 0 amide bonds. The number of hydrogen-bond donors (Lipinski definition) is 1. The van der Waals surface area contributed by atoms with E-state index in [1.807, 2.05) is 19.2 Å². The number of aromatic nitrogens is 1. The zero-order valence-corrected chi connectivity index (χ0v) is 11.6. The minimum absolute atomic E-state index is 0.341. The molecule has 2 aromatic rings. The van der Waals surface area contributed by atoms with Crippen molar-refractivity contribution in [3.05, 3.63) is 35.5 Å². The van der Waals surface area contributed by atoms with Gasteiger partial charge in [-0.15, -0.1) is 0 Å². The maximum atomic E-state index is 11.6. The van der Waals surface area contributed by atoms with E-state index < -0.39 is 6.04 Å². The van der Waals surface area contributed by atoms with E-state index in [-0.39, 0.29) is 5.97 Å². The topological polar surface area (TPSA) is 57.2 Å². The molecule has 0 saturated heterocycles. The number of para-hydroxylation sites is 1. The number of nitrogens with zero attached hydrogens (tertiary/aromatic N) is 1. The van der Waals surface area contributed by atoms with Gasteiger partial charge in [0.05, 0.1) is 6.61 Å².